The number of allylic oxidation sites excluding steroid dienone is 5. The lowest BCUT2D eigenvalue weighted by Crippen LogP contribution is -2.22. The van der Waals surface area contributed by atoms with Crippen LogP contribution in [-0.2, 0) is 6.42 Å². The molecule has 1 aromatic carbocycles. The van der Waals surface area contributed by atoms with Gasteiger partial charge >= 0.3 is 0 Å². The van der Waals surface area contributed by atoms with Crippen molar-refractivity contribution in [2.75, 3.05) is 0 Å². The second-order valence-electron chi connectivity index (χ2n) is 9.57. The van der Waals surface area contributed by atoms with Gasteiger partial charge in [-0.3, -0.25) is 0 Å². The molecule has 0 bridgehead atoms. The Kier molecular flexibility index (Phi) is 9.13. The molecule has 2 aliphatic rings. The van der Waals surface area contributed by atoms with Crippen LogP contribution in [0.4, 0.5) is 4.39 Å². The molecule has 31 heavy (non-hydrogen) atoms. The zero-order chi connectivity index (χ0) is 22.1. The Balaban J connectivity index is 1.37. The summed E-state index contributed by atoms with van der Waals surface area (Å²) in [5, 5.41) is 8.41. The third-order valence-electron chi connectivity index (χ3n) is 7.71. The number of benzene rings is 1. The Hall–Kier alpha value is -2.14. The highest BCUT2D eigenvalue weighted by atomic mass is 19.1. The molecule has 2 heteroatoms. The van der Waals surface area contributed by atoms with Crippen molar-refractivity contribution in [2.24, 2.45) is 17.8 Å². The second-order valence-corrected chi connectivity index (χ2v) is 9.57. The van der Waals surface area contributed by atoms with Gasteiger partial charge in [-0.05, 0) is 112 Å². The standard InChI is InChI=1S/C29H38FN/c1-3-23-9-15-27(16-10-23)28-19-17-26(18-20-28)22(2)25-13-11-24(12-14-25)7-5-4-6-8-29(30)21-31/h4,6,8-10,15-16,24-26,28H,2-3,5,7,11-14,17-20H2,1H3/b6-4+,29-8-. The average Bonchev–Trinajstić information content (AvgIpc) is 2.83. The zero-order valence-electron chi connectivity index (χ0n) is 19.2. The van der Waals surface area contributed by atoms with E-state index in [2.05, 4.69) is 37.8 Å². The fourth-order valence-electron chi connectivity index (χ4n) is 5.60. The molecule has 0 spiro atoms. The summed E-state index contributed by atoms with van der Waals surface area (Å²) < 4.78 is 12.8. The normalized spacial score (nSPS) is 27.2. The molecule has 2 fully saturated rings. The van der Waals surface area contributed by atoms with E-state index in [1.807, 2.05) is 6.08 Å². The van der Waals surface area contributed by atoms with Gasteiger partial charge in [0.25, 0.3) is 0 Å². The van der Waals surface area contributed by atoms with Crippen LogP contribution in [0.25, 0.3) is 0 Å². The van der Waals surface area contributed by atoms with E-state index in [1.165, 1.54) is 86.6 Å². The number of nitriles is 1. The first-order valence-corrected chi connectivity index (χ1v) is 12.3. The van der Waals surface area contributed by atoms with Crippen LogP contribution in [0.5, 0.6) is 0 Å². The summed E-state index contributed by atoms with van der Waals surface area (Å²) >= 11 is 0. The predicted octanol–water partition coefficient (Wildman–Crippen LogP) is 8.60. The van der Waals surface area contributed by atoms with Crippen molar-refractivity contribution in [2.45, 2.75) is 83.5 Å². The molecule has 3 rings (SSSR count). The van der Waals surface area contributed by atoms with Gasteiger partial charge < -0.3 is 0 Å². The van der Waals surface area contributed by atoms with Gasteiger partial charge in [0.05, 0.1) is 0 Å². The van der Waals surface area contributed by atoms with Crippen LogP contribution < -0.4 is 0 Å². The van der Waals surface area contributed by atoms with E-state index in [1.54, 1.807) is 6.08 Å². The summed E-state index contributed by atoms with van der Waals surface area (Å²) in [5.41, 5.74) is 4.50. The average molecular weight is 420 g/mol. The van der Waals surface area contributed by atoms with E-state index >= 15 is 0 Å². The topological polar surface area (TPSA) is 23.8 Å². The molecule has 1 nitrogen and oxygen atoms in total. The number of nitrogens with zero attached hydrogens (tertiary/aromatic N) is 1. The molecule has 0 unspecified atom stereocenters. The van der Waals surface area contributed by atoms with Crippen LogP contribution in [0, 0.1) is 29.1 Å². The van der Waals surface area contributed by atoms with E-state index in [-0.39, 0.29) is 0 Å². The summed E-state index contributed by atoms with van der Waals surface area (Å²) in [5.74, 6) is 2.22. The highest BCUT2D eigenvalue weighted by molar-refractivity contribution is 5.26. The van der Waals surface area contributed by atoms with Gasteiger partial charge in [0.1, 0.15) is 6.07 Å². The number of hydrogen-bond donors (Lipinski definition) is 0. The van der Waals surface area contributed by atoms with Crippen molar-refractivity contribution >= 4 is 0 Å². The molecule has 0 saturated heterocycles. The minimum Gasteiger partial charge on any atom is -0.195 e. The highest BCUT2D eigenvalue weighted by Gasteiger charge is 2.29. The summed E-state index contributed by atoms with van der Waals surface area (Å²) in [6.07, 6.45) is 18.5. The second kappa shape index (κ2) is 12.0. The number of aryl methyl sites for hydroxylation is 1. The lowest BCUT2D eigenvalue weighted by Gasteiger charge is -2.36. The van der Waals surface area contributed by atoms with Crippen LogP contribution in [0.15, 0.2) is 60.5 Å². The van der Waals surface area contributed by atoms with Crippen LogP contribution >= 0.6 is 0 Å². The quantitative estimate of drug-likeness (QED) is 0.235. The Morgan fingerprint density at radius 1 is 1.03 bits per heavy atom. The zero-order valence-corrected chi connectivity index (χ0v) is 19.2. The molecule has 0 amide bonds. The van der Waals surface area contributed by atoms with Crippen LogP contribution in [0.3, 0.4) is 0 Å². The van der Waals surface area contributed by atoms with Gasteiger partial charge in [-0.2, -0.15) is 9.65 Å². The summed E-state index contributed by atoms with van der Waals surface area (Å²) in [6.45, 7) is 6.80. The molecule has 0 N–H and O–H groups in total. The number of halogens is 1. The van der Waals surface area contributed by atoms with Gasteiger partial charge in [-0.1, -0.05) is 55.5 Å². The lowest BCUT2D eigenvalue weighted by atomic mass is 9.69. The monoisotopic (exact) mass is 419 g/mol. The van der Waals surface area contributed by atoms with Crippen LogP contribution in [0.1, 0.15) is 88.2 Å². The van der Waals surface area contributed by atoms with E-state index < -0.39 is 5.83 Å². The molecule has 0 atom stereocenters. The van der Waals surface area contributed by atoms with E-state index in [9.17, 15) is 4.39 Å². The van der Waals surface area contributed by atoms with E-state index in [4.69, 9.17) is 5.26 Å². The molecule has 2 aliphatic carbocycles. The molecule has 0 heterocycles. The smallest absolute Gasteiger partial charge is 0.195 e. The Morgan fingerprint density at radius 3 is 2.23 bits per heavy atom. The number of hydrogen-bond acceptors (Lipinski definition) is 1. The maximum Gasteiger partial charge on any atom is 0.199 e. The predicted molar refractivity (Wildman–Crippen MR) is 128 cm³/mol. The minimum absolute atomic E-state index is 0.713. The van der Waals surface area contributed by atoms with E-state index in [0.717, 1.165) is 30.6 Å². The molecule has 166 valence electrons. The maximum absolute atomic E-state index is 12.8. The summed E-state index contributed by atoms with van der Waals surface area (Å²) in [7, 11) is 0. The van der Waals surface area contributed by atoms with Crippen molar-refractivity contribution in [3.63, 3.8) is 0 Å². The molecular formula is C29H38FN. The van der Waals surface area contributed by atoms with E-state index in [0.29, 0.717) is 5.92 Å². The van der Waals surface area contributed by atoms with Crippen molar-refractivity contribution in [3.05, 3.63) is 71.6 Å². The SMILES string of the molecule is C=C(C1CCC(CC/C=C/C=C(\F)C#N)CC1)C1CCC(c2ccc(CC)cc2)CC1. The number of rotatable bonds is 8. The van der Waals surface area contributed by atoms with Crippen molar-refractivity contribution in [1.82, 2.24) is 0 Å². The molecular weight excluding hydrogens is 381 g/mol. The molecule has 0 radical (unpaired) electrons. The lowest BCUT2D eigenvalue weighted by molar-refractivity contribution is 0.260. The minimum atomic E-state index is -0.723. The molecule has 0 aliphatic heterocycles. The van der Waals surface area contributed by atoms with Crippen LogP contribution in [-0.4, -0.2) is 0 Å². The van der Waals surface area contributed by atoms with Crippen LogP contribution in [0.2, 0.25) is 0 Å². The molecule has 1 aromatic rings. The van der Waals surface area contributed by atoms with Gasteiger partial charge in [-0.15, -0.1) is 0 Å². The molecule has 0 aromatic heterocycles. The third-order valence-corrected chi connectivity index (χ3v) is 7.71. The van der Waals surface area contributed by atoms with Crippen molar-refractivity contribution < 1.29 is 4.39 Å². The summed E-state index contributed by atoms with van der Waals surface area (Å²) in [4.78, 5) is 0. The van der Waals surface area contributed by atoms with Gasteiger partial charge in [0, 0.05) is 0 Å². The van der Waals surface area contributed by atoms with Gasteiger partial charge in [0.15, 0.2) is 5.83 Å². The Morgan fingerprint density at radius 2 is 1.65 bits per heavy atom. The first kappa shape index (κ1) is 23.5. The highest BCUT2D eigenvalue weighted by Crippen LogP contribution is 2.44. The third kappa shape index (κ3) is 6.93. The first-order valence-electron chi connectivity index (χ1n) is 12.3. The van der Waals surface area contributed by atoms with Crippen molar-refractivity contribution in [1.29, 1.82) is 5.26 Å². The Labute approximate surface area is 188 Å². The summed E-state index contributed by atoms with van der Waals surface area (Å²) in [6, 6.07) is 10.8. The Bertz CT molecular complexity index is 794. The maximum atomic E-state index is 12.8. The largest absolute Gasteiger partial charge is 0.199 e. The fraction of sp³-hybridized carbons (Fsp3) is 0.552. The van der Waals surface area contributed by atoms with Gasteiger partial charge in [0.2, 0.25) is 0 Å². The van der Waals surface area contributed by atoms with Gasteiger partial charge in [-0.25, -0.2) is 0 Å². The molecule has 2 saturated carbocycles. The van der Waals surface area contributed by atoms with Crippen molar-refractivity contribution in [3.8, 4) is 6.07 Å². The first-order chi connectivity index (χ1) is 15.1. The fourth-order valence-corrected chi connectivity index (χ4v) is 5.60.